The van der Waals surface area contributed by atoms with E-state index in [1.54, 1.807) is 0 Å². The van der Waals surface area contributed by atoms with Crippen molar-refractivity contribution in [3.63, 3.8) is 0 Å². The molecule has 0 spiro atoms. The van der Waals surface area contributed by atoms with Gasteiger partial charge in [-0.2, -0.15) is 0 Å². The molecule has 126 valence electrons. The van der Waals surface area contributed by atoms with Crippen LogP contribution < -0.4 is 0 Å². The average Bonchev–Trinajstić information content (AvgIpc) is 2.92. The summed E-state index contributed by atoms with van der Waals surface area (Å²) in [7, 11) is 1.13. The average molecular weight is 343 g/mol. The number of nitrogens with zero attached hydrogens (tertiary/aromatic N) is 3. The smallest absolute Gasteiger partial charge is 0.338 e. The third-order valence-corrected chi connectivity index (χ3v) is 3.83. The van der Waals surface area contributed by atoms with Crippen LogP contribution in [0.5, 0.6) is 0 Å². The van der Waals surface area contributed by atoms with Crippen LogP contribution in [0, 0.1) is 20.2 Å². The number of hydrogen-bond donors (Lipinski definition) is 1. The standard InChI is InChI=1S/C15H9N3O7/c1-25-15(19)12-6-8(18(23)24)5-11-13(12)9-3-2-7(17(21)22)4-10(9)14(11)16-20/h2-6,20H,1H3/b16-14+. The van der Waals surface area contributed by atoms with Crippen LogP contribution in [-0.2, 0) is 4.74 Å². The zero-order chi connectivity index (χ0) is 18.3. The maximum Gasteiger partial charge on any atom is 0.338 e. The molecule has 0 bridgehead atoms. The number of oxime groups is 1. The molecule has 0 aliphatic heterocycles. The molecule has 2 aromatic carbocycles. The van der Waals surface area contributed by atoms with Gasteiger partial charge in [0.25, 0.3) is 11.4 Å². The van der Waals surface area contributed by atoms with Crippen molar-refractivity contribution >= 4 is 23.1 Å². The van der Waals surface area contributed by atoms with Gasteiger partial charge in [-0.15, -0.1) is 0 Å². The van der Waals surface area contributed by atoms with E-state index >= 15 is 0 Å². The fourth-order valence-electron chi connectivity index (χ4n) is 2.79. The Kier molecular flexibility index (Phi) is 3.64. The SMILES string of the molecule is COC(=O)c1cc([N+](=O)[O-])cc2c1-c1ccc([N+](=O)[O-])cc1/C2=N\O. The summed E-state index contributed by atoms with van der Waals surface area (Å²) in [6.45, 7) is 0. The van der Waals surface area contributed by atoms with Gasteiger partial charge in [-0.25, -0.2) is 4.79 Å². The van der Waals surface area contributed by atoms with Crippen molar-refractivity contribution in [1.29, 1.82) is 0 Å². The van der Waals surface area contributed by atoms with Gasteiger partial charge in [-0.05, 0) is 11.6 Å². The number of esters is 1. The highest BCUT2D eigenvalue weighted by atomic mass is 16.6. The highest BCUT2D eigenvalue weighted by molar-refractivity contribution is 6.27. The summed E-state index contributed by atoms with van der Waals surface area (Å²) in [6, 6.07) is 5.99. The molecule has 0 amide bonds. The van der Waals surface area contributed by atoms with Crippen LogP contribution in [-0.4, -0.2) is 33.8 Å². The van der Waals surface area contributed by atoms with Gasteiger partial charge in [0.05, 0.1) is 22.5 Å². The van der Waals surface area contributed by atoms with Crippen molar-refractivity contribution < 1.29 is 24.6 Å². The monoisotopic (exact) mass is 343 g/mol. The van der Waals surface area contributed by atoms with E-state index in [-0.39, 0.29) is 33.7 Å². The van der Waals surface area contributed by atoms with Crippen LogP contribution in [0.1, 0.15) is 21.5 Å². The summed E-state index contributed by atoms with van der Waals surface area (Å²) in [4.78, 5) is 32.9. The van der Waals surface area contributed by atoms with Gasteiger partial charge in [0.1, 0.15) is 5.71 Å². The number of hydrogen-bond acceptors (Lipinski definition) is 8. The Morgan fingerprint density at radius 3 is 2.24 bits per heavy atom. The number of rotatable bonds is 3. The Labute approximate surface area is 139 Å². The lowest BCUT2D eigenvalue weighted by Gasteiger charge is -2.07. The van der Waals surface area contributed by atoms with Gasteiger partial charge >= 0.3 is 5.97 Å². The summed E-state index contributed by atoms with van der Waals surface area (Å²) in [5.74, 6) is -0.816. The van der Waals surface area contributed by atoms with Crippen LogP contribution >= 0.6 is 0 Å². The molecule has 0 unspecified atom stereocenters. The minimum atomic E-state index is -0.816. The first kappa shape index (κ1) is 16.1. The Hall–Kier alpha value is -3.82. The van der Waals surface area contributed by atoms with Crippen LogP contribution in [0.3, 0.4) is 0 Å². The van der Waals surface area contributed by atoms with E-state index in [0.29, 0.717) is 5.56 Å². The molecular weight excluding hydrogens is 334 g/mol. The molecule has 0 saturated heterocycles. The molecule has 0 saturated carbocycles. The number of fused-ring (bicyclic) bond motifs is 3. The highest BCUT2D eigenvalue weighted by Crippen LogP contribution is 2.42. The first-order valence-corrected chi connectivity index (χ1v) is 6.81. The van der Waals surface area contributed by atoms with Gasteiger partial charge in [-0.3, -0.25) is 20.2 Å². The molecule has 0 aromatic heterocycles. The lowest BCUT2D eigenvalue weighted by Crippen LogP contribution is -2.06. The normalized spacial score (nSPS) is 13.2. The van der Waals surface area contributed by atoms with E-state index in [2.05, 4.69) is 9.89 Å². The van der Waals surface area contributed by atoms with E-state index in [4.69, 9.17) is 0 Å². The van der Waals surface area contributed by atoms with Gasteiger partial charge in [-0.1, -0.05) is 5.16 Å². The number of nitro groups is 2. The molecule has 1 aliphatic rings. The Balaban J connectivity index is 2.38. The maximum atomic E-state index is 12.1. The molecule has 0 radical (unpaired) electrons. The van der Waals surface area contributed by atoms with E-state index in [0.717, 1.165) is 19.2 Å². The number of ether oxygens (including phenoxy) is 1. The molecule has 1 N–H and O–H groups in total. The van der Waals surface area contributed by atoms with E-state index in [9.17, 15) is 30.2 Å². The molecule has 2 aromatic rings. The lowest BCUT2D eigenvalue weighted by molar-refractivity contribution is -0.385. The summed E-state index contributed by atoms with van der Waals surface area (Å²) >= 11 is 0. The Bertz CT molecular complexity index is 981. The summed E-state index contributed by atoms with van der Waals surface area (Å²) in [5, 5.41) is 34.6. The fourth-order valence-corrected chi connectivity index (χ4v) is 2.79. The zero-order valence-corrected chi connectivity index (χ0v) is 12.6. The number of methoxy groups -OCH3 is 1. The summed E-state index contributed by atoms with van der Waals surface area (Å²) < 4.78 is 4.67. The van der Waals surface area contributed by atoms with Crippen molar-refractivity contribution in [2.45, 2.75) is 0 Å². The molecule has 1 aliphatic carbocycles. The molecule has 0 fully saturated rings. The van der Waals surface area contributed by atoms with Crippen molar-refractivity contribution in [2.24, 2.45) is 5.16 Å². The number of non-ortho nitro benzene ring substituents is 2. The Morgan fingerprint density at radius 1 is 1.04 bits per heavy atom. The summed E-state index contributed by atoms with van der Waals surface area (Å²) in [5.41, 5.74) is 0.108. The third kappa shape index (κ3) is 2.36. The van der Waals surface area contributed by atoms with E-state index in [1.807, 2.05) is 0 Å². The second-order valence-corrected chi connectivity index (χ2v) is 5.10. The zero-order valence-electron chi connectivity index (χ0n) is 12.6. The third-order valence-electron chi connectivity index (χ3n) is 3.83. The van der Waals surface area contributed by atoms with Crippen LogP contribution in [0.25, 0.3) is 11.1 Å². The lowest BCUT2D eigenvalue weighted by atomic mass is 9.98. The molecule has 25 heavy (non-hydrogen) atoms. The molecular formula is C15H9N3O7. The highest BCUT2D eigenvalue weighted by Gasteiger charge is 2.34. The van der Waals surface area contributed by atoms with Gasteiger partial charge in [0, 0.05) is 41.0 Å². The molecule has 0 heterocycles. The van der Waals surface area contributed by atoms with E-state index < -0.39 is 21.5 Å². The van der Waals surface area contributed by atoms with Crippen molar-refractivity contribution in [1.82, 2.24) is 0 Å². The Morgan fingerprint density at radius 2 is 1.68 bits per heavy atom. The van der Waals surface area contributed by atoms with E-state index in [1.165, 1.54) is 18.2 Å². The van der Waals surface area contributed by atoms with Gasteiger partial charge in [0.15, 0.2) is 0 Å². The second kappa shape index (κ2) is 5.67. The molecule has 10 nitrogen and oxygen atoms in total. The van der Waals surface area contributed by atoms with Crippen LogP contribution in [0.15, 0.2) is 35.5 Å². The minimum absolute atomic E-state index is 0.0949. The minimum Gasteiger partial charge on any atom is -0.465 e. The molecule has 10 heteroatoms. The van der Waals surface area contributed by atoms with Crippen molar-refractivity contribution in [3.8, 4) is 11.1 Å². The predicted molar refractivity (Wildman–Crippen MR) is 84.0 cm³/mol. The number of carbonyl (C=O) groups is 1. The van der Waals surface area contributed by atoms with Crippen molar-refractivity contribution in [2.75, 3.05) is 7.11 Å². The topological polar surface area (TPSA) is 145 Å². The second-order valence-electron chi connectivity index (χ2n) is 5.10. The first-order valence-electron chi connectivity index (χ1n) is 6.81. The largest absolute Gasteiger partial charge is 0.465 e. The number of nitro benzene ring substituents is 2. The van der Waals surface area contributed by atoms with Gasteiger partial charge in [0.2, 0.25) is 0 Å². The van der Waals surface area contributed by atoms with Crippen molar-refractivity contribution in [3.05, 3.63) is 67.3 Å². The van der Waals surface area contributed by atoms with Gasteiger partial charge < -0.3 is 9.94 Å². The molecule has 3 rings (SSSR count). The predicted octanol–water partition coefficient (Wildman–Crippen LogP) is 2.50. The maximum absolute atomic E-state index is 12.1. The molecule has 0 atom stereocenters. The summed E-state index contributed by atoms with van der Waals surface area (Å²) in [6.07, 6.45) is 0. The first-order chi connectivity index (χ1) is 11.9. The number of carbonyl (C=O) groups excluding carboxylic acids is 1. The van der Waals surface area contributed by atoms with Crippen LogP contribution in [0.2, 0.25) is 0 Å². The number of benzene rings is 2. The van der Waals surface area contributed by atoms with Crippen LogP contribution in [0.4, 0.5) is 11.4 Å². The quantitative estimate of drug-likeness (QED) is 0.333. The fraction of sp³-hybridized carbons (Fsp3) is 0.0667.